The molecule has 0 spiro atoms. The lowest BCUT2D eigenvalue weighted by atomic mass is 10.2. The number of rotatable bonds is 8. The van der Waals surface area contributed by atoms with Crippen molar-refractivity contribution in [3.63, 3.8) is 0 Å². The second kappa shape index (κ2) is 9.43. The summed E-state index contributed by atoms with van der Waals surface area (Å²) in [5.41, 5.74) is 0.877. The van der Waals surface area contributed by atoms with Gasteiger partial charge in [0.2, 0.25) is 0 Å². The number of hydrogen-bond acceptors (Lipinski definition) is 5. The summed E-state index contributed by atoms with van der Waals surface area (Å²) in [5, 5.41) is 0.135. The summed E-state index contributed by atoms with van der Waals surface area (Å²) in [6.45, 7) is 19.7. The van der Waals surface area contributed by atoms with Crippen molar-refractivity contribution in [1.82, 2.24) is 9.71 Å². The van der Waals surface area contributed by atoms with Crippen LogP contribution in [0.1, 0.15) is 60.2 Å². The molecule has 1 heterocycles. The predicted octanol–water partition coefficient (Wildman–Crippen LogP) is 5.31. The molecule has 0 saturated heterocycles. The zero-order chi connectivity index (χ0) is 20.2. The Bertz CT molecular complexity index is 554. The predicted molar refractivity (Wildman–Crippen MR) is 118 cm³/mol. The van der Waals surface area contributed by atoms with Gasteiger partial charge in [-0.05, 0) is 56.8 Å². The van der Waals surface area contributed by atoms with Gasteiger partial charge in [0.05, 0.1) is 12.3 Å². The van der Waals surface area contributed by atoms with E-state index >= 15 is 0 Å². The minimum atomic E-state index is -1.89. The van der Waals surface area contributed by atoms with E-state index in [4.69, 9.17) is 4.43 Å². The van der Waals surface area contributed by atoms with Gasteiger partial charge in [0, 0.05) is 22.5 Å². The average Bonchev–Trinajstić information content (AvgIpc) is 2.50. The fourth-order valence-corrected chi connectivity index (χ4v) is 4.29. The maximum Gasteiger partial charge on any atom is 0.192 e. The SMILES string of the molecule is CCSc1ccc([C@H](CO[Si](C)(C)C(C)(C)C)N[S+]([O-])C(C)(C)C)nc1. The van der Waals surface area contributed by atoms with Gasteiger partial charge >= 0.3 is 0 Å². The summed E-state index contributed by atoms with van der Waals surface area (Å²) in [6, 6.07) is 3.91. The van der Waals surface area contributed by atoms with E-state index in [1.165, 1.54) is 0 Å². The van der Waals surface area contributed by atoms with E-state index in [0.29, 0.717) is 6.61 Å². The van der Waals surface area contributed by atoms with E-state index in [-0.39, 0.29) is 15.8 Å². The Morgan fingerprint density at radius 1 is 1.23 bits per heavy atom. The number of hydrogen-bond donors (Lipinski definition) is 1. The number of pyridine rings is 1. The van der Waals surface area contributed by atoms with Crippen LogP contribution in [0.2, 0.25) is 18.1 Å². The highest BCUT2D eigenvalue weighted by molar-refractivity contribution is 7.99. The fourth-order valence-electron chi connectivity index (χ4n) is 1.84. The molecule has 4 nitrogen and oxygen atoms in total. The molecule has 0 aliphatic rings. The molecule has 0 radical (unpaired) electrons. The van der Waals surface area contributed by atoms with Gasteiger partial charge in [0.25, 0.3) is 0 Å². The lowest BCUT2D eigenvalue weighted by molar-refractivity contribution is 0.254. The molecule has 0 saturated carbocycles. The molecule has 1 unspecified atom stereocenters. The van der Waals surface area contributed by atoms with Gasteiger partial charge in [0.1, 0.15) is 10.8 Å². The fraction of sp³-hybridized carbons (Fsp3) is 0.737. The second-order valence-corrected chi connectivity index (χ2v) is 17.1. The molecule has 1 N–H and O–H groups in total. The average molecular weight is 417 g/mol. The van der Waals surface area contributed by atoms with E-state index in [1.807, 2.05) is 33.0 Å². The topological polar surface area (TPSA) is 57.2 Å². The van der Waals surface area contributed by atoms with Gasteiger partial charge < -0.3 is 8.98 Å². The third kappa shape index (κ3) is 7.17. The van der Waals surface area contributed by atoms with E-state index in [0.717, 1.165) is 16.3 Å². The summed E-state index contributed by atoms with van der Waals surface area (Å²) in [7, 11) is -1.89. The van der Waals surface area contributed by atoms with Crippen molar-refractivity contribution in [1.29, 1.82) is 0 Å². The molecule has 0 aliphatic heterocycles. The third-order valence-electron chi connectivity index (χ3n) is 4.65. The molecule has 0 bridgehead atoms. The van der Waals surface area contributed by atoms with Crippen molar-refractivity contribution in [2.24, 2.45) is 0 Å². The summed E-state index contributed by atoms with van der Waals surface area (Å²) < 4.78 is 22.0. The zero-order valence-electron chi connectivity index (χ0n) is 17.8. The quantitative estimate of drug-likeness (QED) is 0.353. The van der Waals surface area contributed by atoms with Gasteiger partial charge in [-0.15, -0.1) is 16.5 Å². The summed E-state index contributed by atoms with van der Waals surface area (Å²) in [6.07, 6.45) is 1.89. The third-order valence-corrected chi connectivity index (χ3v) is 11.6. The minimum absolute atomic E-state index is 0.135. The van der Waals surface area contributed by atoms with Crippen LogP contribution in [0, 0.1) is 0 Å². The molecule has 7 heteroatoms. The first-order valence-electron chi connectivity index (χ1n) is 9.18. The molecule has 0 aliphatic carbocycles. The highest BCUT2D eigenvalue weighted by Gasteiger charge is 2.39. The van der Waals surface area contributed by atoms with E-state index in [2.05, 4.69) is 56.6 Å². The Hall–Kier alpha value is -0.0531. The van der Waals surface area contributed by atoms with Crippen molar-refractivity contribution in [3.8, 4) is 0 Å². The Morgan fingerprint density at radius 2 is 1.85 bits per heavy atom. The molecule has 1 aromatic rings. The van der Waals surface area contributed by atoms with Crippen molar-refractivity contribution in [3.05, 3.63) is 24.0 Å². The summed E-state index contributed by atoms with van der Waals surface area (Å²) in [5.74, 6) is 1.02. The molecular weight excluding hydrogens is 380 g/mol. The van der Waals surface area contributed by atoms with E-state index in [1.54, 1.807) is 11.8 Å². The minimum Gasteiger partial charge on any atom is -0.598 e. The van der Waals surface area contributed by atoms with Crippen molar-refractivity contribution in [2.75, 3.05) is 12.4 Å². The number of nitrogens with zero attached hydrogens (tertiary/aromatic N) is 1. The van der Waals surface area contributed by atoms with Crippen molar-refractivity contribution in [2.45, 2.75) is 82.3 Å². The number of nitrogens with one attached hydrogen (secondary N) is 1. The smallest absolute Gasteiger partial charge is 0.192 e. The molecule has 26 heavy (non-hydrogen) atoms. The normalized spacial score (nSPS) is 15.8. The lowest BCUT2D eigenvalue weighted by Crippen LogP contribution is -2.46. The van der Waals surface area contributed by atoms with Gasteiger partial charge in [-0.1, -0.05) is 27.7 Å². The lowest BCUT2D eigenvalue weighted by Gasteiger charge is -2.37. The molecule has 0 fully saturated rings. The Balaban J connectivity index is 2.98. The number of thioether (sulfide) groups is 1. The molecule has 150 valence electrons. The molecule has 2 atom stereocenters. The maximum absolute atomic E-state index is 12.7. The van der Waals surface area contributed by atoms with Crippen LogP contribution in [0.15, 0.2) is 23.2 Å². The molecule has 0 amide bonds. The summed E-state index contributed by atoms with van der Waals surface area (Å²) >= 11 is 0.582. The standard InChI is InChI=1S/C19H36N2O2S2Si/c1-10-24-15-11-12-16(20-13-15)17(21-25(22)18(2,3)4)14-23-26(8,9)19(5,6)7/h11-13,17,21H,10,14H2,1-9H3/t17-,25?/m0/s1. The first kappa shape index (κ1) is 24.0. The summed E-state index contributed by atoms with van der Waals surface area (Å²) in [4.78, 5) is 5.76. The van der Waals surface area contributed by atoms with E-state index in [9.17, 15) is 4.55 Å². The van der Waals surface area contributed by atoms with Crippen LogP contribution in [0.5, 0.6) is 0 Å². The van der Waals surface area contributed by atoms with Crippen LogP contribution < -0.4 is 4.72 Å². The Labute approximate surface area is 168 Å². The van der Waals surface area contributed by atoms with Crippen LogP contribution in [-0.4, -0.2) is 35.0 Å². The van der Waals surface area contributed by atoms with Crippen molar-refractivity contribution < 1.29 is 8.98 Å². The van der Waals surface area contributed by atoms with Gasteiger partial charge in [0.15, 0.2) is 8.32 Å². The largest absolute Gasteiger partial charge is 0.598 e. The number of aromatic nitrogens is 1. The van der Waals surface area contributed by atoms with Gasteiger partial charge in [-0.3, -0.25) is 4.98 Å². The highest BCUT2D eigenvalue weighted by Crippen LogP contribution is 2.37. The van der Waals surface area contributed by atoms with Crippen molar-refractivity contribution >= 4 is 31.4 Å². The van der Waals surface area contributed by atoms with Crippen LogP contribution >= 0.6 is 11.8 Å². The first-order chi connectivity index (χ1) is 11.8. The zero-order valence-corrected chi connectivity index (χ0v) is 20.4. The molecule has 1 aromatic heterocycles. The monoisotopic (exact) mass is 416 g/mol. The molecular formula is C19H36N2O2S2Si. The Morgan fingerprint density at radius 3 is 2.27 bits per heavy atom. The Kier molecular flexibility index (Phi) is 8.70. The van der Waals surface area contributed by atoms with E-state index < -0.39 is 19.7 Å². The maximum atomic E-state index is 12.7. The molecule has 0 aromatic carbocycles. The van der Waals surface area contributed by atoms with Crippen LogP contribution in [0.25, 0.3) is 0 Å². The molecule has 1 rings (SSSR count). The van der Waals surface area contributed by atoms with Gasteiger partial charge in [-0.25, -0.2) is 0 Å². The first-order valence-corrected chi connectivity index (χ1v) is 14.2. The van der Waals surface area contributed by atoms with Crippen LogP contribution in [0.3, 0.4) is 0 Å². The van der Waals surface area contributed by atoms with Crippen LogP contribution in [0.4, 0.5) is 0 Å². The van der Waals surface area contributed by atoms with Gasteiger partial charge in [-0.2, -0.15) is 0 Å². The van der Waals surface area contributed by atoms with Crippen LogP contribution in [-0.2, 0) is 15.8 Å². The highest BCUT2D eigenvalue weighted by atomic mass is 32.2. The second-order valence-electron chi connectivity index (χ2n) is 8.97.